The van der Waals surface area contributed by atoms with Crippen LogP contribution in [0.3, 0.4) is 0 Å². The van der Waals surface area contributed by atoms with Gasteiger partial charge in [0.2, 0.25) is 0 Å². The van der Waals surface area contributed by atoms with Crippen LogP contribution >= 0.6 is 15.9 Å². The predicted molar refractivity (Wildman–Crippen MR) is 90.5 cm³/mol. The summed E-state index contributed by atoms with van der Waals surface area (Å²) in [5.74, 6) is -0.409. The molecule has 0 saturated carbocycles. The first-order valence-electron chi connectivity index (χ1n) is 7.30. The number of hydrogen-bond acceptors (Lipinski definition) is 3. The van der Waals surface area contributed by atoms with Gasteiger partial charge < -0.3 is 5.73 Å². The number of nitrogens with zero attached hydrogens (tertiary/aromatic N) is 2. The van der Waals surface area contributed by atoms with Crippen molar-refractivity contribution >= 4 is 27.8 Å². The van der Waals surface area contributed by atoms with E-state index < -0.39 is 5.82 Å². The normalized spacial score (nSPS) is 18.5. The van der Waals surface area contributed by atoms with Crippen LogP contribution in [0, 0.1) is 5.82 Å². The number of likely N-dealkylation sites (tertiary alicyclic amines) is 1. The van der Waals surface area contributed by atoms with Crippen LogP contribution in [0.1, 0.15) is 39.2 Å². The minimum absolute atomic E-state index is 0.161. The van der Waals surface area contributed by atoms with E-state index in [1.807, 2.05) is 0 Å². The molecule has 1 fully saturated rings. The number of piperidine rings is 1. The average Bonchev–Trinajstić information content (AvgIpc) is 2.40. The molecule has 0 bridgehead atoms. The van der Waals surface area contributed by atoms with Gasteiger partial charge in [0.15, 0.2) is 0 Å². The van der Waals surface area contributed by atoms with Crippen molar-refractivity contribution in [2.75, 3.05) is 18.8 Å². The fourth-order valence-electron chi connectivity index (χ4n) is 2.58. The van der Waals surface area contributed by atoms with Crippen molar-refractivity contribution in [2.24, 2.45) is 4.99 Å². The molecule has 1 saturated heterocycles. The second-order valence-corrected chi connectivity index (χ2v) is 7.47. The van der Waals surface area contributed by atoms with Crippen molar-refractivity contribution in [3.63, 3.8) is 0 Å². The molecule has 1 aliphatic heterocycles. The van der Waals surface area contributed by atoms with Gasteiger partial charge >= 0.3 is 0 Å². The summed E-state index contributed by atoms with van der Waals surface area (Å²) < 4.78 is 14.2. The van der Waals surface area contributed by atoms with E-state index in [-0.39, 0.29) is 11.2 Å². The molecule has 0 radical (unpaired) electrons. The van der Waals surface area contributed by atoms with E-state index >= 15 is 0 Å². The van der Waals surface area contributed by atoms with E-state index in [1.165, 1.54) is 6.07 Å². The number of halogens is 2. The molecular weight excluding hydrogens is 333 g/mol. The maximum Gasteiger partial charge on any atom is 0.147 e. The minimum Gasteiger partial charge on any atom is -0.396 e. The molecule has 0 spiro atoms. The number of anilines is 1. The van der Waals surface area contributed by atoms with Gasteiger partial charge in [-0.1, -0.05) is 15.9 Å². The number of rotatable bonds is 2. The number of aliphatic imine (C=N–C) groups is 1. The zero-order valence-corrected chi connectivity index (χ0v) is 14.5. The maximum absolute atomic E-state index is 13.6. The fourth-order valence-corrected chi connectivity index (χ4v) is 3.03. The van der Waals surface area contributed by atoms with E-state index in [2.05, 4.69) is 46.6 Å². The molecular formula is C16H23BrFN3. The Hall–Kier alpha value is -0.940. The first-order chi connectivity index (χ1) is 9.77. The SMILES string of the molecule is CC(C)(C)N1CCC(N=Cc2cc(Br)cc(F)c2N)CC1. The van der Waals surface area contributed by atoms with E-state index in [1.54, 1.807) is 12.3 Å². The van der Waals surface area contributed by atoms with Gasteiger partial charge in [-0.15, -0.1) is 0 Å². The van der Waals surface area contributed by atoms with Crippen molar-refractivity contribution in [1.82, 2.24) is 4.90 Å². The zero-order chi connectivity index (χ0) is 15.6. The van der Waals surface area contributed by atoms with E-state index in [9.17, 15) is 4.39 Å². The minimum atomic E-state index is -0.409. The van der Waals surface area contributed by atoms with Crippen molar-refractivity contribution in [1.29, 1.82) is 0 Å². The number of nitrogen functional groups attached to an aromatic ring is 1. The second-order valence-electron chi connectivity index (χ2n) is 6.56. The molecule has 0 unspecified atom stereocenters. The lowest BCUT2D eigenvalue weighted by atomic mass is 9.98. The summed E-state index contributed by atoms with van der Waals surface area (Å²) in [7, 11) is 0. The van der Waals surface area contributed by atoms with Gasteiger partial charge in [0.1, 0.15) is 5.82 Å². The summed E-state index contributed by atoms with van der Waals surface area (Å²) in [4.78, 5) is 7.07. The van der Waals surface area contributed by atoms with Crippen LogP contribution in [0.2, 0.25) is 0 Å². The van der Waals surface area contributed by atoms with Crippen LogP contribution in [0.25, 0.3) is 0 Å². The molecule has 1 heterocycles. The summed E-state index contributed by atoms with van der Waals surface area (Å²) in [5, 5.41) is 0. The van der Waals surface area contributed by atoms with Crippen molar-refractivity contribution in [3.05, 3.63) is 28.0 Å². The molecule has 2 rings (SSSR count). The van der Waals surface area contributed by atoms with Crippen molar-refractivity contribution in [3.8, 4) is 0 Å². The Morgan fingerprint density at radius 2 is 1.95 bits per heavy atom. The topological polar surface area (TPSA) is 41.6 Å². The summed E-state index contributed by atoms with van der Waals surface area (Å²) >= 11 is 3.28. The van der Waals surface area contributed by atoms with Crippen LogP contribution in [0.15, 0.2) is 21.6 Å². The third kappa shape index (κ3) is 4.27. The molecule has 1 aromatic carbocycles. The number of benzene rings is 1. The highest BCUT2D eigenvalue weighted by atomic mass is 79.9. The molecule has 0 aromatic heterocycles. The van der Waals surface area contributed by atoms with Gasteiger partial charge in [-0.05, 0) is 45.7 Å². The van der Waals surface area contributed by atoms with Gasteiger partial charge in [-0.25, -0.2) is 4.39 Å². The number of hydrogen-bond donors (Lipinski definition) is 1. The summed E-state index contributed by atoms with van der Waals surface area (Å²) in [6, 6.07) is 3.46. The summed E-state index contributed by atoms with van der Waals surface area (Å²) in [5.41, 5.74) is 6.77. The Morgan fingerprint density at radius 3 is 2.52 bits per heavy atom. The van der Waals surface area contributed by atoms with Crippen LogP contribution in [-0.2, 0) is 0 Å². The van der Waals surface area contributed by atoms with E-state index in [4.69, 9.17) is 5.73 Å². The maximum atomic E-state index is 13.6. The molecule has 0 amide bonds. The highest BCUT2D eigenvalue weighted by Gasteiger charge is 2.26. The van der Waals surface area contributed by atoms with Crippen LogP contribution in [0.4, 0.5) is 10.1 Å². The Labute approximate surface area is 134 Å². The van der Waals surface area contributed by atoms with Crippen molar-refractivity contribution in [2.45, 2.75) is 45.2 Å². The van der Waals surface area contributed by atoms with Gasteiger partial charge in [0.25, 0.3) is 0 Å². The summed E-state index contributed by atoms with van der Waals surface area (Å²) in [6.07, 6.45) is 3.77. The van der Waals surface area contributed by atoms with E-state index in [0.717, 1.165) is 25.9 Å². The Morgan fingerprint density at radius 1 is 1.33 bits per heavy atom. The van der Waals surface area contributed by atoms with Gasteiger partial charge in [-0.3, -0.25) is 9.89 Å². The van der Waals surface area contributed by atoms with Crippen LogP contribution < -0.4 is 5.73 Å². The highest BCUT2D eigenvalue weighted by Crippen LogP contribution is 2.23. The average molecular weight is 356 g/mol. The first-order valence-corrected chi connectivity index (χ1v) is 8.09. The lowest BCUT2D eigenvalue weighted by Gasteiger charge is -2.40. The Balaban J connectivity index is 2.01. The number of nitrogens with two attached hydrogens (primary N) is 1. The van der Waals surface area contributed by atoms with Crippen LogP contribution in [-0.4, -0.2) is 35.8 Å². The lowest BCUT2D eigenvalue weighted by molar-refractivity contribution is 0.104. The third-order valence-electron chi connectivity index (χ3n) is 3.96. The Kier molecular flexibility index (Phi) is 5.04. The quantitative estimate of drug-likeness (QED) is 0.646. The predicted octanol–water partition coefficient (Wildman–Crippen LogP) is 3.85. The molecule has 0 atom stereocenters. The second kappa shape index (κ2) is 6.44. The fraction of sp³-hybridized carbons (Fsp3) is 0.562. The first kappa shape index (κ1) is 16.4. The molecule has 116 valence electrons. The highest BCUT2D eigenvalue weighted by molar-refractivity contribution is 9.10. The van der Waals surface area contributed by atoms with E-state index in [0.29, 0.717) is 16.1 Å². The molecule has 1 aliphatic rings. The standard InChI is InChI=1S/C16H23BrFN3/c1-16(2,3)21-6-4-13(5-7-21)20-10-11-8-12(17)9-14(18)15(11)19/h8-10,13H,4-7,19H2,1-3H3. The molecule has 5 heteroatoms. The lowest BCUT2D eigenvalue weighted by Crippen LogP contribution is -2.46. The van der Waals surface area contributed by atoms with Gasteiger partial charge in [-0.2, -0.15) is 0 Å². The largest absolute Gasteiger partial charge is 0.396 e. The van der Waals surface area contributed by atoms with Gasteiger partial charge in [0.05, 0.1) is 11.7 Å². The molecule has 1 aromatic rings. The zero-order valence-electron chi connectivity index (χ0n) is 12.9. The molecule has 2 N–H and O–H groups in total. The third-order valence-corrected chi connectivity index (χ3v) is 4.42. The Bertz CT molecular complexity index is 529. The molecule has 0 aliphatic carbocycles. The molecule has 3 nitrogen and oxygen atoms in total. The summed E-state index contributed by atoms with van der Waals surface area (Å²) in [6.45, 7) is 8.81. The smallest absolute Gasteiger partial charge is 0.147 e. The van der Waals surface area contributed by atoms with Crippen molar-refractivity contribution < 1.29 is 4.39 Å². The van der Waals surface area contributed by atoms with Gasteiger partial charge in [0, 0.05) is 34.9 Å². The monoisotopic (exact) mass is 355 g/mol. The van der Waals surface area contributed by atoms with Crippen LogP contribution in [0.5, 0.6) is 0 Å². The molecule has 21 heavy (non-hydrogen) atoms.